The van der Waals surface area contributed by atoms with E-state index in [0.717, 1.165) is 20.0 Å². The Kier molecular flexibility index (Phi) is 6.97. The summed E-state index contributed by atoms with van der Waals surface area (Å²) in [6.45, 7) is -0.262. The summed E-state index contributed by atoms with van der Waals surface area (Å²) in [5.41, 5.74) is -3.21. The minimum absolute atomic E-state index is 0.00183. The third-order valence-electron chi connectivity index (χ3n) is 9.03. The fourth-order valence-electron chi connectivity index (χ4n) is 6.91. The number of alkyl halides is 2. The maximum atomic E-state index is 15.2. The van der Waals surface area contributed by atoms with Crippen LogP contribution in [0.25, 0.3) is 5.69 Å². The molecule has 2 aliphatic heterocycles. The van der Waals surface area contributed by atoms with Gasteiger partial charge in [0.05, 0.1) is 25.4 Å². The second-order valence-electron chi connectivity index (χ2n) is 11.3. The van der Waals surface area contributed by atoms with Crippen molar-refractivity contribution in [3.8, 4) is 17.2 Å². The number of halogens is 7. The van der Waals surface area contributed by atoms with E-state index in [1.165, 1.54) is 37.5 Å². The van der Waals surface area contributed by atoms with Crippen molar-refractivity contribution >= 4 is 40.7 Å². The second-order valence-corrected chi connectivity index (χ2v) is 12.6. The topological polar surface area (TPSA) is 116 Å². The first-order valence-electron chi connectivity index (χ1n) is 14.1. The Labute approximate surface area is 275 Å². The van der Waals surface area contributed by atoms with E-state index in [9.17, 15) is 37.5 Å². The second kappa shape index (κ2) is 10.6. The molecule has 1 N–H and O–H groups in total. The summed E-state index contributed by atoms with van der Waals surface area (Å²) in [6, 6.07) is 10.1. The Balaban J connectivity index is 1.52. The normalized spacial score (nSPS) is 24.7. The molecule has 1 saturated heterocycles. The molecule has 0 bridgehead atoms. The van der Waals surface area contributed by atoms with Gasteiger partial charge in [-0.3, -0.25) is 9.59 Å². The highest BCUT2D eigenvalue weighted by atomic mass is 35.5. The Morgan fingerprint density at radius 2 is 1.48 bits per heavy atom. The van der Waals surface area contributed by atoms with Crippen molar-refractivity contribution in [2.45, 2.75) is 34.7 Å². The zero-order chi connectivity index (χ0) is 34.6. The lowest BCUT2D eigenvalue weighted by Gasteiger charge is -2.49. The van der Waals surface area contributed by atoms with Gasteiger partial charge >= 0.3 is 11.4 Å². The molecule has 1 aromatic heterocycles. The number of allylic oxidation sites excluding steroid dienone is 2. The number of para-hydroxylation sites is 1. The third-order valence-corrected chi connectivity index (χ3v) is 10.4. The third kappa shape index (κ3) is 3.85. The van der Waals surface area contributed by atoms with Crippen LogP contribution in [0.2, 0.25) is 0 Å². The minimum atomic E-state index is -2.76. The predicted molar refractivity (Wildman–Crippen MR) is 159 cm³/mol. The number of fused-ring (bicyclic) bond motifs is 4. The van der Waals surface area contributed by atoms with Crippen LogP contribution >= 0.6 is 23.2 Å². The fraction of sp³-hybridized carbons (Fsp3) is 0.226. The lowest BCUT2D eigenvalue weighted by atomic mass is 9.64. The largest absolute Gasteiger partial charge is 0.508 e. The smallest absolute Gasteiger partial charge is 0.352 e. The molecule has 4 atom stereocenters. The van der Waals surface area contributed by atoms with Gasteiger partial charge in [-0.2, -0.15) is 0 Å². The van der Waals surface area contributed by atoms with Crippen molar-refractivity contribution < 1.29 is 41.4 Å². The van der Waals surface area contributed by atoms with Crippen LogP contribution in [0.5, 0.6) is 11.5 Å². The van der Waals surface area contributed by atoms with Crippen LogP contribution in [-0.2, 0) is 16.1 Å². The summed E-state index contributed by atoms with van der Waals surface area (Å²) in [5.74, 6) is -17.7. The van der Waals surface area contributed by atoms with Crippen LogP contribution in [0.4, 0.5) is 27.6 Å². The molecule has 17 heteroatoms. The quantitative estimate of drug-likeness (QED) is 0.0839. The average Bonchev–Trinajstić information content (AvgIpc) is 3.41. The molecule has 3 aromatic carbocycles. The highest BCUT2D eigenvalue weighted by molar-refractivity contribution is 6.58. The van der Waals surface area contributed by atoms with Gasteiger partial charge in [-0.05, 0) is 23.8 Å². The van der Waals surface area contributed by atoms with E-state index in [-0.39, 0.29) is 39.8 Å². The number of phenols is 1. The molecule has 1 saturated carbocycles. The summed E-state index contributed by atoms with van der Waals surface area (Å²) in [6.07, 6.45) is 0.701. The number of benzene rings is 3. The Morgan fingerprint density at radius 3 is 2.10 bits per heavy atom. The van der Waals surface area contributed by atoms with Gasteiger partial charge in [0, 0.05) is 24.0 Å². The Hall–Kier alpha value is -4.89. The highest BCUT2D eigenvalue weighted by Gasteiger charge is 2.76. The van der Waals surface area contributed by atoms with Crippen molar-refractivity contribution in [1.82, 2.24) is 13.9 Å². The number of phenolic OH excluding ortho intramolecular Hbond substituents is 1. The lowest BCUT2D eigenvalue weighted by molar-refractivity contribution is -0.122. The molecule has 3 heterocycles. The van der Waals surface area contributed by atoms with Crippen molar-refractivity contribution in [2.24, 2.45) is 0 Å². The van der Waals surface area contributed by atoms with E-state index in [1.54, 1.807) is 18.2 Å². The van der Waals surface area contributed by atoms with E-state index < -0.39 is 86.1 Å². The Morgan fingerprint density at radius 1 is 0.854 bits per heavy atom. The van der Waals surface area contributed by atoms with Gasteiger partial charge in [-0.1, -0.05) is 30.3 Å². The number of hydrogen-bond acceptors (Lipinski definition) is 6. The summed E-state index contributed by atoms with van der Waals surface area (Å²) in [5, 5.41) is 10.2. The number of ether oxygens (including phenoxy) is 1. The molecule has 7 rings (SSSR count). The van der Waals surface area contributed by atoms with Crippen molar-refractivity contribution in [3.05, 3.63) is 116 Å². The average molecular weight is 709 g/mol. The van der Waals surface area contributed by atoms with Gasteiger partial charge < -0.3 is 9.84 Å². The zero-order valence-electron chi connectivity index (χ0n) is 24.2. The standard InChI is InChI=1S/C31H19Cl2F5N4O6/c1-48-18-11-14(43)7-8-16(18)19-15-9-10-39-28(46)40(13-5-3-2-4-6-13)29(47)42(39)17(15)12-30(32)26(44)41(27(45)31(19,30)33)25-23(37)21(35)20(34)22(36)24(25)38/h2-9,11,17,19,43H,10,12H2,1H3. The van der Waals surface area contributed by atoms with E-state index in [2.05, 4.69) is 0 Å². The van der Waals surface area contributed by atoms with Crippen LogP contribution in [0.3, 0.4) is 0 Å². The maximum absolute atomic E-state index is 15.2. The van der Waals surface area contributed by atoms with Crippen molar-refractivity contribution in [2.75, 3.05) is 12.0 Å². The van der Waals surface area contributed by atoms with Gasteiger partial charge in [-0.25, -0.2) is 50.4 Å². The van der Waals surface area contributed by atoms with Gasteiger partial charge in [0.25, 0.3) is 11.8 Å². The van der Waals surface area contributed by atoms with Crippen LogP contribution in [0, 0.1) is 29.1 Å². The SMILES string of the molecule is COc1cc(O)ccc1C1C2=CCn3c(=O)n(-c4ccccc4)c(=O)n3C2CC2(Cl)C(=O)N(c3c(F)c(F)c(F)c(F)c3F)C(=O)C12Cl. The molecule has 10 nitrogen and oxygen atoms in total. The first kappa shape index (κ1) is 31.7. The molecule has 248 valence electrons. The van der Waals surface area contributed by atoms with E-state index in [0.29, 0.717) is 0 Å². The van der Waals surface area contributed by atoms with E-state index in [4.69, 9.17) is 27.9 Å². The first-order valence-corrected chi connectivity index (χ1v) is 14.8. The number of aromatic nitrogens is 3. The number of aromatic hydroxyl groups is 1. The summed E-state index contributed by atoms with van der Waals surface area (Å²) < 4.78 is 81.4. The van der Waals surface area contributed by atoms with Crippen LogP contribution in [0.15, 0.2) is 69.8 Å². The van der Waals surface area contributed by atoms with Crippen molar-refractivity contribution in [1.29, 1.82) is 0 Å². The van der Waals surface area contributed by atoms with Crippen LogP contribution in [-0.4, -0.2) is 47.7 Å². The number of anilines is 1. The van der Waals surface area contributed by atoms with E-state index >= 15 is 8.78 Å². The fourth-order valence-corrected chi connectivity index (χ4v) is 7.82. The molecule has 2 fully saturated rings. The van der Waals surface area contributed by atoms with Gasteiger partial charge in [0.2, 0.25) is 5.82 Å². The van der Waals surface area contributed by atoms with Crippen LogP contribution in [0.1, 0.15) is 23.9 Å². The molecule has 4 unspecified atom stereocenters. The summed E-state index contributed by atoms with van der Waals surface area (Å²) >= 11 is 14.2. The molecule has 0 radical (unpaired) electrons. The van der Waals surface area contributed by atoms with Gasteiger partial charge in [0.15, 0.2) is 33.0 Å². The van der Waals surface area contributed by atoms with Crippen LogP contribution < -0.4 is 21.0 Å². The number of methoxy groups -OCH3 is 1. The first-order chi connectivity index (χ1) is 22.7. The number of hydrogen-bond donors (Lipinski definition) is 1. The Bertz CT molecular complexity index is 2230. The van der Waals surface area contributed by atoms with Gasteiger partial charge in [0.1, 0.15) is 17.2 Å². The van der Waals surface area contributed by atoms with Gasteiger partial charge in [-0.15, -0.1) is 23.2 Å². The minimum Gasteiger partial charge on any atom is -0.508 e. The number of carbonyl (C=O) groups excluding carboxylic acids is 2. The predicted octanol–water partition coefficient (Wildman–Crippen LogP) is 4.41. The van der Waals surface area contributed by atoms with Crippen molar-refractivity contribution in [3.63, 3.8) is 0 Å². The summed E-state index contributed by atoms with van der Waals surface area (Å²) in [7, 11) is 1.20. The molecule has 2 amide bonds. The molecule has 3 aliphatic rings. The molecule has 48 heavy (non-hydrogen) atoms. The zero-order valence-corrected chi connectivity index (χ0v) is 25.7. The summed E-state index contributed by atoms with van der Waals surface area (Å²) in [4.78, 5) is 50.3. The molecular weight excluding hydrogens is 690 g/mol. The number of carbonyl (C=O) groups is 2. The molecule has 0 spiro atoms. The molecule has 1 aliphatic carbocycles. The number of nitrogens with zero attached hydrogens (tertiary/aromatic N) is 4. The maximum Gasteiger partial charge on any atom is 0.352 e. The monoisotopic (exact) mass is 708 g/mol. The molecule has 4 aromatic rings. The van der Waals surface area contributed by atoms with E-state index in [1.807, 2.05) is 0 Å². The number of rotatable bonds is 4. The number of amides is 2. The lowest BCUT2D eigenvalue weighted by Crippen LogP contribution is -2.59. The highest BCUT2D eigenvalue weighted by Crippen LogP contribution is 2.65. The molecular formula is C31H19Cl2F5N4O6. The number of imide groups is 1.